The molecule has 9 heteroatoms. The van der Waals surface area contributed by atoms with Crippen molar-refractivity contribution in [2.75, 3.05) is 32.1 Å². The third kappa shape index (κ3) is 3.93. The number of carbonyl (C=O) groups is 2. The molecule has 2 fully saturated rings. The Labute approximate surface area is 157 Å². The molecule has 3 unspecified atom stereocenters. The summed E-state index contributed by atoms with van der Waals surface area (Å²) in [6.07, 6.45) is 0.767. The Kier molecular flexibility index (Phi) is 5.98. The number of hydrazine groups is 1. The van der Waals surface area contributed by atoms with E-state index >= 15 is 0 Å². The Morgan fingerprint density at radius 2 is 2.23 bits per heavy atom. The van der Waals surface area contributed by atoms with E-state index in [0.29, 0.717) is 30.3 Å². The summed E-state index contributed by atoms with van der Waals surface area (Å²) in [5, 5.41) is 4.75. The fourth-order valence-corrected chi connectivity index (χ4v) is 3.72. The van der Waals surface area contributed by atoms with Crippen molar-refractivity contribution < 1.29 is 14.4 Å². The third-order valence-corrected chi connectivity index (χ3v) is 5.13. The van der Waals surface area contributed by atoms with Gasteiger partial charge in [-0.25, -0.2) is 15.3 Å². The van der Waals surface area contributed by atoms with E-state index < -0.39 is 6.04 Å². The van der Waals surface area contributed by atoms with Gasteiger partial charge in [0.25, 0.3) is 5.91 Å². The van der Waals surface area contributed by atoms with Gasteiger partial charge in [0.1, 0.15) is 6.04 Å². The van der Waals surface area contributed by atoms with Gasteiger partial charge in [0.2, 0.25) is 0 Å². The van der Waals surface area contributed by atoms with Crippen molar-refractivity contribution in [1.29, 1.82) is 0 Å². The van der Waals surface area contributed by atoms with Crippen LogP contribution in [0.4, 0.5) is 10.5 Å². The number of benzene rings is 1. The van der Waals surface area contributed by atoms with E-state index in [4.69, 9.17) is 16.4 Å². The number of nitrogens with one attached hydrogen (secondary N) is 3. The number of likely N-dealkylation sites (tertiary alicyclic amines) is 1. The molecule has 26 heavy (non-hydrogen) atoms. The van der Waals surface area contributed by atoms with Gasteiger partial charge in [0.15, 0.2) is 0 Å². The molecule has 0 aliphatic carbocycles. The lowest BCUT2D eigenvalue weighted by Crippen LogP contribution is -2.53. The molecule has 0 aromatic heterocycles. The topological polar surface area (TPSA) is 85.9 Å². The molecule has 2 aliphatic rings. The zero-order chi connectivity index (χ0) is 18.7. The van der Waals surface area contributed by atoms with Gasteiger partial charge in [0, 0.05) is 42.3 Å². The minimum atomic E-state index is -0.429. The number of hydrogen-bond donors (Lipinski definition) is 3. The average Bonchev–Trinajstić information content (AvgIpc) is 3.05. The standard InChI is InChI=1S/C17H24ClN5O3/c1-3-23(26-2)16(24)15-13-10-22(8-7-14(13)20-21-15)17(25)19-12-6-4-5-11(18)9-12/h4-6,9,13-15,20-21H,3,7-8,10H2,1-2H3,(H,19,25). The van der Waals surface area contributed by atoms with Crippen molar-refractivity contribution in [2.24, 2.45) is 5.92 Å². The van der Waals surface area contributed by atoms with Gasteiger partial charge in [-0.1, -0.05) is 17.7 Å². The normalized spacial score (nSPS) is 24.9. The second-order valence-corrected chi connectivity index (χ2v) is 6.86. The maximum absolute atomic E-state index is 12.6. The van der Waals surface area contributed by atoms with E-state index in [9.17, 15) is 9.59 Å². The number of anilines is 1. The summed E-state index contributed by atoms with van der Waals surface area (Å²) in [4.78, 5) is 32.1. The summed E-state index contributed by atoms with van der Waals surface area (Å²) in [5.41, 5.74) is 6.90. The minimum Gasteiger partial charge on any atom is -0.324 e. The van der Waals surface area contributed by atoms with Crippen LogP contribution in [-0.4, -0.2) is 60.7 Å². The fraction of sp³-hybridized carbons (Fsp3) is 0.529. The Hall–Kier alpha value is -1.87. The summed E-state index contributed by atoms with van der Waals surface area (Å²) in [6, 6.07) is 6.56. The Balaban J connectivity index is 1.65. The molecule has 3 N–H and O–H groups in total. The Morgan fingerprint density at radius 3 is 2.92 bits per heavy atom. The quantitative estimate of drug-likeness (QED) is 0.687. The fourth-order valence-electron chi connectivity index (χ4n) is 3.53. The van der Waals surface area contributed by atoms with E-state index in [1.54, 1.807) is 29.2 Å². The van der Waals surface area contributed by atoms with Gasteiger partial charge < -0.3 is 10.2 Å². The van der Waals surface area contributed by atoms with Crippen LogP contribution in [0.1, 0.15) is 13.3 Å². The van der Waals surface area contributed by atoms with Gasteiger partial charge >= 0.3 is 6.03 Å². The van der Waals surface area contributed by atoms with Crippen LogP contribution in [0.2, 0.25) is 5.02 Å². The van der Waals surface area contributed by atoms with Crippen LogP contribution < -0.4 is 16.2 Å². The van der Waals surface area contributed by atoms with Crippen molar-refractivity contribution in [3.05, 3.63) is 29.3 Å². The van der Waals surface area contributed by atoms with Crippen LogP contribution in [0, 0.1) is 5.92 Å². The monoisotopic (exact) mass is 381 g/mol. The smallest absolute Gasteiger partial charge is 0.321 e. The minimum absolute atomic E-state index is 0.0226. The second-order valence-electron chi connectivity index (χ2n) is 6.43. The Morgan fingerprint density at radius 1 is 1.42 bits per heavy atom. The first-order valence-electron chi connectivity index (χ1n) is 8.71. The van der Waals surface area contributed by atoms with E-state index in [1.165, 1.54) is 12.2 Å². The molecule has 0 radical (unpaired) electrons. The lowest BCUT2D eigenvalue weighted by molar-refractivity contribution is -0.178. The van der Waals surface area contributed by atoms with Gasteiger partial charge in [-0.2, -0.15) is 0 Å². The van der Waals surface area contributed by atoms with Gasteiger partial charge in [-0.05, 0) is 31.5 Å². The molecule has 2 aliphatic heterocycles. The zero-order valence-corrected chi connectivity index (χ0v) is 15.6. The maximum Gasteiger partial charge on any atom is 0.321 e. The highest BCUT2D eigenvalue weighted by Crippen LogP contribution is 2.26. The number of amides is 3. The molecule has 1 aromatic carbocycles. The van der Waals surface area contributed by atoms with Crippen LogP contribution in [0.25, 0.3) is 0 Å². The number of urea groups is 1. The van der Waals surface area contributed by atoms with Crippen LogP contribution in [-0.2, 0) is 9.63 Å². The van der Waals surface area contributed by atoms with E-state index in [1.807, 2.05) is 6.92 Å². The molecule has 142 valence electrons. The number of nitrogens with zero attached hydrogens (tertiary/aromatic N) is 2. The highest BCUT2D eigenvalue weighted by atomic mass is 35.5. The summed E-state index contributed by atoms with van der Waals surface area (Å²) in [7, 11) is 1.48. The predicted octanol–water partition coefficient (Wildman–Crippen LogP) is 1.45. The largest absolute Gasteiger partial charge is 0.324 e. The zero-order valence-electron chi connectivity index (χ0n) is 14.9. The van der Waals surface area contributed by atoms with Crippen LogP contribution in [0.15, 0.2) is 24.3 Å². The SMILES string of the molecule is CCN(OC)C(=O)C1NNC2CCN(C(=O)Nc3cccc(Cl)c3)CC21. The van der Waals surface area contributed by atoms with Crippen molar-refractivity contribution in [2.45, 2.75) is 25.4 Å². The first-order valence-corrected chi connectivity index (χ1v) is 9.09. The number of hydrogen-bond acceptors (Lipinski definition) is 5. The molecule has 2 heterocycles. The number of halogens is 1. The van der Waals surface area contributed by atoms with Crippen molar-refractivity contribution in [1.82, 2.24) is 20.8 Å². The number of likely N-dealkylation sites (N-methyl/N-ethyl adjacent to an activating group) is 1. The molecule has 3 amide bonds. The third-order valence-electron chi connectivity index (χ3n) is 4.89. The van der Waals surface area contributed by atoms with E-state index in [0.717, 1.165) is 6.42 Å². The number of rotatable bonds is 4. The molecule has 3 rings (SSSR count). The second kappa shape index (κ2) is 8.22. The van der Waals surface area contributed by atoms with Crippen LogP contribution in [0.5, 0.6) is 0 Å². The maximum atomic E-state index is 12.6. The molecular weight excluding hydrogens is 358 g/mol. The molecule has 8 nitrogen and oxygen atoms in total. The average molecular weight is 382 g/mol. The highest BCUT2D eigenvalue weighted by Gasteiger charge is 2.45. The summed E-state index contributed by atoms with van der Waals surface area (Å²) in [5.74, 6) is -0.155. The van der Waals surface area contributed by atoms with Gasteiger partial charge in [-0.15, -0.1) is 0 Å². The first-order chi connectivity index (χ1) is 12.5. The number of fused-ring (bicyclic) bond motifs is 1. The molecule has 0 saturated carbocycles. The van der Waals surface area contributed by atoms with Gasteiger partial charge in [-0.3, -0.25) is 15.1 Å². The summed E-state index contributed by atoms with van der Waals surface area (Å²) in [6.45, 7) is 3.41. The lowest BCUT2D eigenvalue weighted by Gasteiger charge is -2.36. The van der Waals surface area contributed by atoms with E-state index in [2.05, 4.69) is 16.2 Å². The van der Waals surface area contributed by atoms with Crippen molar-refractivity contribution in [3.63, 3.8) is 0 Å². The van der Waals surface area contributed by atoms with Crippen molar-refractivity contribution >= 4 is 29.2 Å². The molecule has 0 bridgehead atoms. The number of piperidine rings is 1. The van der Waals surface area contributed by atoms with E-state index in [-0.39, 0.29) is 23.9 Å². The van der Waals surface area contributed by atoms with Crippen LogP contribution in [0.3, 0.4) is 0 Å². The lowest BCUT2D eigenvalue weighted by atomic mass is 9.88. The van der Waals surface area contributed by atoms with Gasteiger partial charge in [0.05, 0.1) is 7.11 Å². The molecule has 2 saturated heterocycles. The van der Waals surface area contributed by atoms with Crippen LogP contribution >= 0.6 is 11.6 Å². The first kappa shape index (κ1) is 18.9. The molecule has 3 atom stereocenters. The highest BCUT2D eigenvalue weighted by molar-refractivity contribution is 6.30. The number of hydroxylamine groups is 2. The van der Waals surface area contributed by atoms with Crippen molar-refractivity contribution in [3.8, 4) is 0 Å². The molecular formula is C17H24ClN5O3. The predicted molar refractivity (Wildman–Crippen MR) is 98.4 cm³/mol. The number of carbonyl (C=O) groups excluding carboxylic acids is 2. The molecule has 1 aromatic rings. The summed E-state index contributed by atoms with van der Waals surface area (Å²) < 4.78 is 0. The molecule has 0 spiro atoms. The Bertz CT molecular complexity index is 670. The summed E-state index contributed by atoms with van der Waals surface area (Å²) >= 11 is 5.96.